The fourth-order valence-corrected chi connectivity index (χ4v) is 1.77. The third kappa shape index (κ3) is 1.97. The van der Waals surface area contributed by atoms with Crippen LogP contribution in [0.5, 0.6) is 0 Å². The lowest BCUT2D eigenvalue weighted by atomic mass is 9.99. The van der Waals surface area contributed by atoms with Crippen molar-refractivity contribution in [1.29, 1.82) is 0 Å². The van der Waals surface area contributed by atoms with E-state index in [9.17, 15) is 0 Å². The molecule has 1 heterocycles. The summed E-state index contributed by atoms with van der Waals surface area (Å²) in [6.07, 6.45) is 0.980. The molecule has 3 heteroatoms. The Morgan fingerprint density at radius 3 is 2.17 bits per heavy atom. The summed E-state index contributed by atoms with van der Waals surface area (Å²) in [4.78, 5) is 0. The molecule has 3 nitrogen and oxygen atoms in total. The van der Waals surface area contributed by atoms with Crippen LogP contribution in [0, 0.1) is 0 Å². The van der Waals surface area contributed by atoms with Crippen molar-refractivity contribution >= 4 is 0 Å². The topological polar surface area (TPSA) is 44.5 Å². The molecule has 0 amide bonds. The van der Waals surface area contributed by atoms with E-state index in [0.29, 0.717) is 6.54 Å². The van der Waals surface area contributed by atoms with Gasteiger partial charge in [-0.25, -0.2) is 0 Å². The van der Waals surface area contributed by atoms with E-state index >= 15 is 0 Å². The maximum Gasteiger partial charge on any atom is 0.164 e. The van der Waals surface area contributed by atoms with Crippen molar-refractivity contribution in [3.05, 3.63) is 0 Å². The van der Waals surface area contributed by atoms with Crippen LogP contribution < -0.4 is 5.73 Å². The van der Waals surface area contributed by atoms with E-state index in [-0.39, 0.29) is 11.7 Å². The minimum atomic E-state index is -0.455. The van der Waals surface area contributed by atoms with E-state index in [1.54, 1.807) is 0 Å². The fraction of sp³-hybridized carbons (Fsp3) is 1.00. The predicted molar refractivity (Wildman–Crippen MR) is 47.8 cm³/mol. The van der Waals surface area contributed by atoms with Crippen LogP contribution in [0.3, 0.4) is 0 Å². The van der Waals surface area contributed by atoms with Gasteiger partial charge in [0, 0.05) is 0 Å². The average Bonchev–Trinajstić information content (AvgIpc) is 2.01. The van der Waals surface area contributed by atoms with E-state index in [1.165, 1.54) is 0 Å². The number of ether oxygens (including phenoxy) is 2. The molecule has 0 saturated carbocycles. The highest BCUT2D eigenvalue weighted by molar-refractivity contribution is 4.89. The molecule has 1 aliphatic rings. The van der Waals surface area contributed by atoms with Crippen molar-refractivity contribution in [2.24, 2.45) is 5.73 Å². The second-order valence-electron chi connectivity index (χ2n) is 4.29. The molecule has 0 aromatic carbocycles. The Morgan fingerprint density at radius 2 is 1.83 bits per heavy atom. The largest absolute Gasteiger partial charge is 0.344 e. The SMILES string of the molecule is CC1(C)OC(CCN)C(C)(C)O1. The van der Waals surface area contributed by atoms with Gasteiger partial charge >= 0.3 is 0 Å². The smallest absolute Gasteiger partial charge is 0.164 e. The maximum atomic E-state index is 5.72. The Kier molecular flexibility index (Phi) is 2.47. The Balaban J connectivity index is 2.64. The first kappa shape index (κ1) is 9.96. The molecule has 1 atom stereocenters. The molecule has 1 unspecified atom stereocenters. The van der Waals surface area contributed by atoms with Crippen molar-refractivity contribution in [3.8, 4) is 0 Å². The lowest BCUT2D eigenvalue weighted by molar-refractivity contribution is -0.157. The van der Waals surface area contributed by atoms with Crippen molar-refractivity contribution < 1.29 is 9.47 Å². The van der Waals surface area contributed by atoms with Crippen molar-refractivity contribution in [2.75, 3.05) is 6.54 Å². The molecule has 2 N–H and O–H groups in total. The molecule has 12 heavy (non-hydrogen) atoms. The second-order valence-corrected chi connectivity index (χ2v) is 4.29. The van der Waals surface area contributed by atoms with Crippen molar-refractivity contribution in [3.63, 3.8) is 0 Å². The van der Waals surface area contributed by atoms with E-state index in [2.05, 4.69) is 0 Å². The molecule has 0 aromatic rings. The molecule has 1 aliphatic heterocycles. The first-order chi connectivity index (χ1) is 5.37. The summed E-state index contributed by atoms with van der Waals surface area (Å²) in [6.45, 7) is 8.61. The van der Waals surface area contributed by atoms with Gasteiger partial charge in [0.2, 0.25) is 0 Å². The summed E-state index contributed by atoms with van der Waals surface area (Å²) >= 11 is 0. The Labute approximate surface area is 74.2 Å². The van der Waals surface area contributed by atoms with Crippen molar-refractivity contribution in [1.82, 2.24) is 0 Å². The molecule has 1 saturated heterocycles. The van der Waals surface area contributed by atoms with Crippen molar-refractivity contribution in [2.45, 2.75) is 51.6 Å². The average molecular weight is 173 g/mol. The van der Waals surface area contributed by atoms with E-state index < -0.39 is 5.79 Å². The number of hydrogen-bond donors (Lipinski definition) is 1. The summed E-state index contributed by atoms with van der Waals surface area (Å²) in [6, 6.07) is 0. The monoisotopic (exact) mass is 173 g/mol. The summed E-state index contributed by atoms with van der Waals surface area (Å²) in [5.74, 6) is -0.455. The van der Waals surface area contributed by atoms with Gasteiger partial charge in [0.15, 0.2) is 5.79 Å². The van der Waals surface area contributed by atoms with Crippen LogP contribution in [0.2, 0.25) is 0 Å². The van der Waals surface area contributed by atoms with Gasteiger partial charge in [0.05, 0.1) is 11.7 Å². The zero-order valence-electron chi connectivity index (χ0n) is 8.39. The van der Waals surface area contributed by atoms with Crippen LogP contribution in [-0.4, -0.2) is 24.0 Å². The Morgan fingerprint density at radius 1 is 1.25 bits per heavy atom. The zero-order chi connectivity index (χ0) is 9.41. The van der Waals surface area contributed by atoms with Crippen LogP contribution in [0.1, 0.15) is 34.1 Å². The molecule has 1 rings (SSSR count). The molecule has 0 radical (unpaired) electrons. The zero-order valence-corrected chi connectivity index (χ0v) is 8.39. The van der Waals surface area contributed by atoms with Crippen LogP contribution in [0.4, 0.5) is 0 Å². The van der Waals surface area contributed by atoms with E-state index in [1.807, 2.05) is 27.7 Å². The van der Waals surface area contributed by atoms with Gasteiger partial charge in [-0.3, -0.25) is 0 Å². The lowest BCUT2D eigenvalue weighted by Crippen LogP contribution is -2.34. The fourth-order valence-electron chi connectivity index (χ4n) is 1.77. The predicted octanol–water partition coefficient (Wildman–Crippen LogP) is 1.27. The third-order valence-corrected chi connectivity index (χ3v) is 2.14. The second kappa shape index (κ2) is 2.98. The maximum absolute atomic E-state index is 5.72. The molecule has 0 aromatic heterocycles. The molecule has 0 aliphatic carbocycles. The molecule has 0 bridgehead atoms. The summed E-state index contributed by atoms with van der Waals surface area (Å²) < 4.78 is 11.4. The molecule has 72 valence electrons. The van der Waals surface area contributed by atoms with Crippen LogP contribution >= 0.6 is 0 Å². The van der Waals surface area contributed by atoms with Crippen LogP contribution in [0.15, 0.2) is 0 Å². The van der Waals surface area contributed by atoms with Gasteiger partial charge in [-0.15, -0.1) is 0 Å². The van der Waals surface area contributed by atoms with Gasteiger partial charge < -0.3 is 15.2 Å². The van der Waals surface area contributed by atoms with Gasteiger partial charge in [-0.2, -0.15) is 0 Å². The van der Waals surface area contributed by atoms with Gasteiger partial charge in [-0.05, 0) is 40.7 Å². The lowest BCUT2D eigenvalue weighted by Gasteiger charge is -2.23. The van der Waals surface area contributed by atoms with E-state index in [4.69, 9.17) is 15.2 Å². The molecule has 1 fully saturated rings. The minimum absolute atomic E-state index is 0.123. The standard InChI is InChI=1S/C9H19NO2/c1-8(2)7(5-6-10)11-9(3,4)12-8/h7H,5-6,10H2,1-4H3. The number of hydrogen-bond acceptors (Lipinski definition) is 3. The molecular weight excluding hydrogens is 154 g/mol. The summed E-state index contributed by atoms with van der Waals surface area (Å²) in [5.41, 5.74) is 5.28. The Bertz CT molecular complexity index is 166. The highest BCUT2D eigenvalue weighted by Gasteiger charge is 2.46. The van der Waals surface area contributed by atoms with Crippen LogP contribution in [0.25, 0.3) is 0 Å². The molecule has 0 spiro atoms. The summed E-state index contributed by atoms with van der Waals surface area (Å²) in [5, 5.41) is 0. The van der Waals surface area contributed by atoms with E-state index in [0.717, 1.165) is 6.42 Å². The number of nitrogens with two attached hydrogens (primary N) is 1. The van der Waals surface area contributed by atoms with Gasteiger partial charge in [-0.1, -0.05) is 0 Å². The quantitative estimate of drug-likeness (QED) is 0.684. The van der Waals surface area contributed by atoms with Gasteiger partial charge in [0.25, 0.3) is 0 Å². The van der Waals surface area contributed by atoms with Crippen LogP contribution in [-0.2, 0) is 9.47 Å². The van der Waals surface area contributed by atoms with Gasteiger partial charge in [0.1, 0.15) is 0 Å². The minimum Gasteiger partial charge on any atom is -0.344 e. The molecular formula is C9H19NO2. The highest BCUT2D eigenvalue weighted by atomic mass is 16.8. The summed E-state index contributed by atoms with van der Waals surface area (Å²) in [7, 11) is 0. The highest BCUT2D eigenvalue weighted by Crippen LogP contribution is 2.36. The first-order valence-corrected chi connectivity index (χ1v) is 4.45. The first-order valence-electron chi connectivity index (χ1n) is 4.45. The number of rotatable bonds is 2. The third-order valence-electron chi connectivity index (χ3n) is 2.14. The normalized spacial score (nSPS) is 32.2. The Hall–Kier alpha value is -0.120.